The van der Waals surface area contributed by atoms with E-state index in [0.29, 0.717) is 12.4 Å². The zero-order valence-corrected chi connectivity index (χ0v) is 11.1. The maximum absolute atomic E-state index is 11.8. The summed E-state index contributed by atoms with van der Waals surface area (Å²) in [7, 11) is 0. The lowest BCUT2D eigenvalue weighted by Gasteiger charge is -2.29. The van der Waals surface area contributed by atoms with E-state index >= 15 is 0 Å². The van der Waals surface area contributed by atoms with Crippen LogP contribution in [0.15, 0.2) is 0 Å². The smallest absolute Gasteiger partial charge is 0.410 e. The number of alkyl halides is 1. The minimum atomic E-state index is -0.439. The number of halogens is 1. The third kappa shape index (κ3) is 6.61. The van der Waals surface area contributed by atoms with Crippen LogP contribution in [0.2, 0.25) is 0 Å². The molecule has 0 aliphatic rings. The molecule has 0 saturated heterocycles. The van der Waals surface area contributed by atoms with Gasteiger partial charge in [-0.2, -0.15) is 0 Å². The van der Waals surface area contributed by atoms with Crippen molar-refractivity contribution in [1.82, 2.24) is 4.90 Å². The normalized spacial score (nSPS) is 11.7. The first-order valence-corrected chi connectivity index (χ1v) is 5.87. The number of amides is 1. The fraction of sp³-hybridized carbons (Fsp3) is 0.909. The molecule has 0 aliphatic heterocycles. The van der Waals surface area contributed by atoms with E-state index in [2.05, 4.69) is 0 Å². The largest absolute Gasteiger partial charge is 0.444 e. The van der Waals surface area contributed by atoms with Crippen molar-refractivity contribution in [2.45, 2.75) is 52.7 Å². The van der Waals surface area contributed by atoms with Crippen LogP contribution in [0.3, 0.4) is 0 Å². The quantitative estimate of drug-likeness (QED) is 0.700. The van der Waals surface area contributed by atoms with Crippen LogP contribution in [0.4, 0.5) is 4.79 Å². The predicted molar refractivity (Wildman–Crippen MR) is 63.4 cm³/mol. The van der Waals surface area contributed by atoms with Gasteiger partial charge in [-0.1, -0.05) is 0 Å². The standard InChI is InChI=1S/C11H22ClNO2/c1-9(2)13(8-6-7-12)10(14)15-11(3,4)5/h9H,6-8H2,1-5H3. The summed E-state index contributed by atoms with van der Waals surface area (Å²) in [6.07, 6.45) is 0.529. The highest BCUT2D eigenvalue weighted by Gasteiger charge is 2.23. The summed E-state index contributed by atoms with van der Waals surface area (Å²) in [5, 5.41) is 0. The van der Waals surface area contributed by atoms with E-state index < -0.39 is 5.60 Å². The lowest BCUT2D eigenvalue weighted by molar-refractivity contribution is 0.0192. The Morgan fingerprint density at radius 2 is 1.93 bits per heavy atom. The van der Waals surface area contributed by atoms with Gasteiger partial charge in [-0.25, -0.2) is 4.79 Å². The molecule has 3 nitrogen and oxygen atoms in total. The van der Waals surface area contributed by atoms with E-state index in [9.17, 15) is 4.79 Å². The molecule has 0 unspecified atom stereocenters. The Kier molecular flexibility index (Phi) is 6.03. The van der Waals surface area contributed by atoms with Crippen LogP contribution < -0.4 is 0 Å². The third-order valence-electron chi connectivity index (χ3n) is 1.78. The Hall–Kier alpha value is -0.440. The molecule has 0 aromatic carbocycles. The highest BCUT2D eigenvalue weighted by molar-refractivity contribution is 6.17. The molecule has 0 rings (SSSR count). The van der Waals surface area contributed by atoms with Crippen molar-refractivity contribution >= 4 is 17.7 Å². The van der Waals surface area contributed by atoms with E-state index in [0.717, 1.165) is 6.42 Å². The number of carbonyl (C=O) groups is 1. The Morgan fingerprint density at radius 1 is 1.40 bits per heavy atom. The SMILES string of the molecule is CC(C)N(CCCCl)C(=O)OC(C)(C)C. The van der Waals surface area contributed by atoms with E-state index in [1.165, 1.54) is 0 Å². The molecule has 0 saturated carbocycles. The lowest BCUT2D eigenvalue weighted by atomic mass is 10.2. The number of nitrogens with zero attached hydrogens (tertiary/aromatic N) is 1. The number of ether oxygens (including phenoxy) is 1. The number of hydrogen-bond acceptors (Lipinski definition) is 2. The molecule has 0 radical (unpaired) electrons. The average molecular weight is 236 g/mol. The molecule has 0 spiro atoms. The average Bonchev–Trinajstić information content (AvgIpc) is 2.00. The van der Waals surface area contributed by atoms with Crippen molar-refractivity contribution < 1.29 is 9.53 Å². The van der Waals surface area contributed by atoms with Gasteiger partial charge in [0, 0.05) is 18.5 Å². The van der Waals surface area contributed by atoms with Crippen molar-refractivity contribution in [2.24, 2.45) is 0 Å². The molecule has 4 heteroatoms. The van der Waals surface area contributed by atoms with Gasteiger partial charge in [0.25, 0.3) is 0 Å². The Morgan fingerprint density at radius 3 is 2.27 bits per heavy atom. The van der Waals surface area contributed by atoms with E-state index in [1.54, 1.807) is 4.90 Å². The number of rotatable bonds is 4. The van der Waals surface area contributed by atoms with Crippen LogP contribution in [0.5, 0.6) is 0 Å². The van der Waals surface area contributed by atoms with Gasteiger partial charge in [0.15, 0.2) is 0 Å². The van der Waals surface area contributed by atoms with Gasteiger partial charge in [-0.05, 0) is 41.0 Å². The third-order valence-corrected chi connectivity index (χ3v) is 2.05. The van der Waals surface area contributed by atoms with Crippen molar-refractivity contribution in [3.8, 4) is 0 Å². The molecule has 0 aromatic heterocycles. The fourth-order valence-electron chi connectivity index (χ4n) is 1.11. The fourth-order valence-corrected chi connectivity index (χ4v) is 1.23. The molecule has 1 amide bonds. The summed E-state index contributed by atoms with van der Waals surface area (Å²) < 4.78 is 5.30. The lowest BCUT2D eigenvalue weighted by Crippen LogP contribution is -2.41. The van der Waals surface area contributed by atoms with Crippen LogP contribution >= 0.6 is 11.6 Å². The van der Waals surface area contributed by atoms with Gasteiger partial charge in [-0.15, -0.1) is 11.6 Å². The first-order chi connectivity index (χ1) is 6.78. The van der Waals surface area contributed by atoms with Crippen LogP contribution in [0.25, 0.3) is 0 Å². The molecule has 0 N–H and O–H groups in total. The Labute approximate surface area is 97.7 Å². The summed E-state index contributed by atoms with van der Waals surface area (Å²) in [6.45, 7) is 10.2. The van der Waals surface area contributed by atoms with E-state index in [-0.39, 0.29) is 12.1 Å². The van der Waals surface area contributed by atoms with Crippen molar-refractivity contribution in [3.05, 3.63) is 0 Å². The number of hydrogen-bond donors (Lipinski definition) is 0. The molecule has 15 heavy (non-hydrogen) atoms. The van der Waals surface area contributed by atoms with Crippen molar-refractivity contribution in [1.29, 1.82) is 0 Å². The first-order valence-electron chi connectivity index (χ1n) is 5.33. The van der Waals surface area contributed by atoms with Crippen LogP contribution in [-0.2, 0) is 4.74 Å². The summed E-state index contributed by atoms with van der Waals surface area (Å²) in [5.41, 5.74) is -0.439. The second-order valence-electron chi connectivity index (χ2n) is 4.81. The summed E-state index contributed by atoms with van der Waals surface area (Å²) in [4.78, 5) is 13.5. The van der Waals surface area contributed by atoms with Crippen LogP contribution in [-0.4, -0.2) is 35.1 Å². The molecule has 0 fully saturated rings. The number of carbonyl (C=O) groups excluding carboxylic acids is 1. The molecule has 0 bridgehead atoms. The predicted octanol–water partition coefficient (Wildman–Crippen LogP) is 3.26. The zero-order valence-electron chi connectivity index (χ0n) is 10.3. The van der Waals surface area contributed by atoms with E-state index in [4.69, 9.17) is 16.3 Å². The maximum Gasteiger partial charge on any atom is 0.410 e. The molecular weight excluding hydrogens is 214 g/mol. The zero-order chi connectivity index (χ0) is 12.1. The van der Waals surface area contributed by atoms with E-state index in [1.807, 2.05) is 34.6 Å². The summed E-state index contributed by atoms with van der Waals surface area (Å²) in [6, 6.07) is 0.142. The molecule has 0 aliphatic carbocycles. The maximum atomic E-state index is 11.8. The van der Waals surface area contributed by atoms with Gasteiger partial charge in [0.05, 0.1) is 0 Å². The second-order valence-corrected chi connectivity index (χ2v) is 5.19. The highest BCUT2D eigenvalue weighted by Crippen LogP contribution is 2.12. The van der Waals surface area contributed by atoms with Gasteiger partial charge in [-0.3, -0.25) is 0 Å². The molecule has 0 aromatic rings. The van der Waals surface area contributed by atoms with Crippen molar-refractivity contribution in [2.75, 3.05) is 12.4 Å². The Balaban J connectivity index is 4.29. The Bertz CT molecular complexity index is 199. The molecule has 0 heterocycles. The van der Waals surface area contributed by atoms with Crippen molar-refractivity contribution in [3.63, 3.8) is 0 Å². The minimum Gasteiger partial charge on any atom is -0.444 e. The minimum absolute atomic E-state index is 0.142. The van der Waals surface area contributed by atoms with Gasteiger partial charge in [0.1, 0.15) is 5.60 Å². The van der Waals surface area contributed by atoms with Crippen LogP contribution in [0.1, 0.15) is 41.0 Å². The summed E-state index contributed by atoms with van der Waals surface area (Å²) >= 11 is 5.61. The molecular formula is C11H22ClNO2. The first kappa shape index (κ1) is 14.6. The van der Waals surface area contributed by atoms with Gasteiger partial charge >= 0.3 is 6.09 Å². The van der Waals surface area contributed by atoms with Crippen LogP contribution in [0, 0.1) is 0 Å². The molecule has 0 atom stereocenters. The van der Waals surface area contributed by atoms with Gasteiger partial charge in [0.2, 0.25) is 0 Å². The van der Waals surface area contributed by atoms with Gasteiger partial charge < -0.3 is 9.64 Å². The summed E-state index contributed by atoms with van der Waals surface area (Å²) in [5.74, 6) is 0.562. The second kappa shape index (κ2) is 6.21. The highest BCUT2D eigenvalue weighted by atomic mass is 35.5. The monoisotopic (exact) mass is 235 g/mol. The molecule has 90 valence electrons. The topological polar surface area (TPSA) is 29.5 Å².